The summed E-state index contributed by atoms with van der Waals surface area (Å²) in [6.45, 7) is 5.66. The first-order valence-corrected chi connectivity index (χ1v) is 4.68. The molecule has 2 aliphatic rings. The average molecular weight is 154 g/mol. The molecule has 2 nitrogen and oxygen atoms in total. The molecule has 1 heterocycles. The Morgan fingerprint density at radius 1 is 1.18 bits per heavy atom. The molecule has 1 saturated heterocycles. The summed E-state index contributed by atoms with van der Waals surface area (Å²) in [5, 5.41) is 7.30. The first kappa shape index (κ1) is 7.56. The molecule has 0 radical (unpaired) electrons. The third kappa shape index (κ3) is 1.42. The molecule has 2 rings (SSSR count). The minimum Gasteiger partial charge on any atom is -0.311 e. The Labute approximate surface area is 68.7 Å². The lowest BCUT2D eigenvalue weighted by Crippen LogP contribution is -2.63. The van der Waals surface area contributed by atoms with Crippen LogP contribution < -0.4 is 10.6 Å². The lowest BCUT2D eigenvalue weighted by Gasteiger charge is -2.40. The van der Waals surface area contributed by atoms with Crippen LogP contribution in [0, 0.1) is 0 Å². The van der Waals surface area contributed by atoms with Gasteiger partial charge in [-0.25, -0.2) is 0 Å². The van der Waals surface area contributed by atoms with Gasteiger partial charge in [-0.05, 0) is 26.7 Å². The molecule has 0 aromatic rings. The number of nitrogens with one attached hydrogen (secondary N) is 2. The van der Waals surface area contributed by atoms with Gasteiger partial charge in [0.05, 0.1) is 0 Å². The highest BCUT2D eigenvalue weighted by Crippen LogP contribution is 2.24. The first-order chi connectivity index (χ1) is 5.17. The quantitative estimate of drug-likeness (QED) is 0.541. The van der Waals surface area contributed by atoms with E-state index in [9.17, 15) is 0 Å². The molecule has 0 bridgehead atoms. The molecule has 0 aromatic heterocycles. The van der Waals surface area contributed by atoms with E-state index in [0.717, 1.165) is 18.6 Å². The summed E-state index contributed by atoms with van der Waals surface area (Å²) in [5.74, 6) is 0. The predicted octanol–water partition coefficient (Wildman–Crippen LogP) is 0.879. The average Bonchev–Trinajstić information content (AvgIpc) is 2.31. The van der Waals surface area contributed by atoms with Gasteiger partial charge in [-0.1, -0.05) is 6.42 Å². The minimum atomic E-state index is 0.311. The minimum absolute atomic E-state index is 0.311. The van der Waals surface area contributed by atoms with Crippen molar-refractivity contribution in [2.24, 2.45) is 0 Å². The fourth-order valence-electron chi connectivity index (χ4n) is 2.32. The summed E-state index contributed by atoms with van der Waals surface area (Å²) >= 11 is 0. The van der Waals surface area contributed by atoms with Crippen molar-refractivity contribution in [3.05, 3.63) is 0 Å². The van der Waals surface area contributed by atoms with Gasteiger partial charge in [-0.3, -0.25) is 0 Å². The maximum absolute atomic E-state index is 3.69. The van der Waals surface area contributed by atoms with Crippen LogP contribution in [0.15, 0.2) is 0 Å². The van der Waals surface area contributed by atoms with Gasteiger partial charge in [0, 0.05) is 24.2 Å². The second-order valence-electron chi connectivity index (χ2n) is 4.55. The van der Waals surface area contributed by atoms with Crippen molar-refractivity contribution >= 4 is 0 Å². The number of hydrogen-bond acceptors (Lipinski definition) is 2. The Morgan fingerprint density at radius 2 is 1.91 bits per heavy atom. The fraction of sp³-hybridized carbons (Fsp3) is 1.00. The number of fused-ring (bicyclic) bond motifs is 1. The van der Waals surface area contributed by atoms with Gasteiger partial charge in [0.1, 0.15) is 0 Å². The molecule has 2 heteroatoms. The van der Waals surface area contributed by atoms with E-state index in [1.54, 1.807) is 0 Å². The molecule has 11 heavy (non-hydrogen) atoms. The van der Waals surface area contributed by atoms with Gasteiger partial charge in [-0.2, -0.15) is 0 Å². The Balaban J connectivity index is 2.02. The van der Waals surface area contributed by atoms with Crippen molar-refractivity contribution < 1.29 is 0 Å². The molecular formula is C9H18N2. The zero-order chi connectivity index (χ0) is 7.90. The largest absolute Gasteiger partial charge is 0.311 e. The molecule has 2 atom stereocenters. The molecule has 2 fully saturated rings. The predicted molar refractivity (Wildman–Crippen MR) is 46.6 cm³/mol. The molecule has 0 unspecified atom stereocenters. The summed E-state index contributed by atoms with van der Waals surface area (Å²) in [5.41, 5.74) is 0.311. The van der Waals surface area contributed by atoms with Crippen LogP contribution >= 0.6 is 0 Å². The maximum Gasteiger partial charge on any atom is 0.0252 e. The second kappa shape index (κ2) is 2.46. The normalized spacial score (nSPS) is 42.0. The SMILES string of the molecule is CC1(C)CN[C@@H]2CCC[C@@H]2N1. The summed E-state index contributed by atoms with van der Waals surface area (Å²) in [7, 11) is 0. The van der Waals surface area contributed by atoms with E-state index in [4.69, 9.17) is 0 Å². The Bertz CT molecular complexity index is 154. The zero-order valence-electron chi connectivity index (χ0n) is 7.48. The van der Waals surface area contributed by atoms with Gasteiger partial charge in [0.2, 0.25) is 0 Å². The van der Waals surface area contributed by atoms with Crippen molar-refractivity contribution in [3.63, 3.8) is 0 Å². The fourth-order valence-corrected chi connectivity index (χ4v) is 2.32. The molecule has 0 amide bonds. The third-order valence-electron chi connectivity index (χ3n) is 2.90. The zero-order valence-corrected chi connectivity index (χ0v) is 7.48. The van der Waals surface area contributed by atoms with Crippen molar-refractivity contribution in [2.45, 2.75) is 50.7 Å². The van der Waals surface area contributed by atoms with Crippen LogP contribution in [-0.2, 0) is 0 Å². The van der Waals surface area contributed by atoms with Crippen molar-refractivity contribution in [2.75, 3.05) is 6.54 Å². The summed E-state index contributed by atoms with van der Waals surface area (Å²) in [6, 6.07) is 1.52. The first-order valence-electron chi connectivity index (χ1n) is 4.68. The summed E-state index contributed by atoms with van der Waals surface area (Å²) in [6.07, 6.45) is 4.13. The number of hydrogen-bond donors (Lipinski definition) is 2. The Morgan fingerprint density at radius 3 is 2.73 bits per heavy atom. The van der Waals surface area contributed by atoms with Crippen molar-refractivity contribution in [1.82, 2.24) is 10.6 Å². The van der Waals surface area contributed by atoms with E-state index in [2.05, 4.69) is 24.5 Å². The molecule has 2 N–H and O–H groups in total. The van der Waals surface area contributed by atoms with E-state index < -0.39 is 0 Å². The van der Waals surface area contributed by atoms with Crippen LogP contribution in [0.1, 0.15) is 33.1 Å². The van der Waals surface area contributed by atoms with E-state index in [0.29, 0.717) is 5.54 Å². The topological polar surface area (TPSA) is 24.1 Å². The van der Waals surface area contributed by atoms with E-state index in [1.807, 2.05) is 0 Å². The number of piperazine rings is 1. The molecule has 1 aliphatic heterocycles. The van der Waals surface area contributed by atoms with Gasteiger partial charge in [-0.15, -0.1) is 0 Å². The molecular weight excluding hydrogens is 136 g/mol. The molecule has 0 aromatic carbocycles. The van der Waals surface area contributed by atoms with Gasteiger partial charge in [0.25, 0.3) is 0 Å². The highest BCUT2D eigenvalue weighted by atomic mass is 15.2. The smallest absolute Gasteiger partial charge is 0.0252 e. The number of rotatable bonds is 0. The highest BCUT2D eigenvalue weighted by molar-refractivity contribution is 4.99. The standard InChI is InChI=1S/C9H18N2/c1-9(2)6-10-7-4-3-5-8(7)11-9/h7-8,10-11H,3-6H2,1-2H3/t7-,8+/m1/s1. The van der Waals surface area contributed by atoms with Gasteiger partial charge in [0.15, 0.2) is 0 Å². The van der Waals surface area contributed by atoms with E-state index >= 15 is 0 Å². The maximum atomic E-state index is 3.69. The Hall–Kier alpha value is -0.0800. The van der Waals surface area contributed by atoms with E-state index in [-0.39, 0.29) is 0 Å². The second-order valence-corrected chi connectivity index (χ2v) is 4.55. The lowest BCUT2D eigenvalue weighted by atomic mass is 9.97. The van der Waals surface area contributed by atoms with Crippen LogP contribution in [0.5, 0.6) is 0 Å². The van der Waals surface area contributed by atoms with Crippen LogP contribution in [0.2, 0.25) is 0 Å². The summed E-state index contributed by atoms with van der Waals surface area (Å²) < 4.78 is 0. The van der Waals surface area contributed by atoms with Crippen LogP contribution in [-0.4, -0.2) is 24.2 Å². The van der Waals surface area contributed by atoms with Gasteiger partial charge >= 0.3 is 0 Å². The third-order valence-corrected chi connectivity index (χ3v) is 2.90. The molecule has 1 aliphatic carbocycles. The van der Waals surface area contributed by atoms with Crippen molar-refractivity contribution in [1.29, 1.82) is 0 Å². The van der Waals surface area contributed by atoms with Crippen LogP contribution in [0.3, 0.4) is 0 Å². The molecule has 64 valence electrons. The molecule has 1 saturated carbocycles. The lowest BCUT2D eigenvalue weighted by molar-refractivity contribution is 0.228. The van der Waals surface area contributed by atoms with Crippen molar-refractivity contribution in [3.8, 4) is 0 Å². The molecule has 0 spiro atoms. The van der Waals surface area contributed by atoms with Gasteiger partial charge < -0.3 is 10.6 Å². The highest BCUT2D eigenvalue weighted by Gasteiger charge is 2.36. The van der Waals surface area contributed by atoms with Crippen LogP contribution in [0.4, 0.5) is 0 Å². The Kier molecular flexibility index (Phi) is 1.69. The van der Waals surface area contributed by atoms with E-state index in [1.165, 1.54) is 19.3 Å². The summed E-state index contributed by atoms with van der Waals surface area (Å²) in [4.78, 5) is 0. The van der Waals surface area contributed by atoms with Crippen LogP contribution in [0.25, 0.3) is 0 Å². The monoisotopic (exact) mass is 154 g/mol.